The number of nitro groups is 1. The second kappa shape index (κ2) is 10.1. The van der Waals surface area contributed by atoms with Crippen LogP contribution in [0.25, 0.3) is 0 Å². The van der Waals surface area contributed by atoms with Crippen molar-refractivity contribution < 1.29 is 33.5 Å². The number of esters is 1. The number of carbonyl (C=O) groups is 2. The molecule has 32 heavy (non-hydrogen) atoms. The standard InChI is InChI=1S/C22H24N2O8/c1-29-15-9-18(22(26)31-3)23(12-15)21(25)16-10-19(30-2)20(11-17(16)24(27)28)32-13-14-7-5-4-6-8-14/h4-8,10-11,15,18H,9,12-13H2,1-3H3/t15-,18+/m1/s1. The molecule has 3 rings (SSSR count). The molecule has 1 saturated heterocycles. The number of nitrogens with zero attached hydrogens (tertiary/aromatic N) is 2. The van der Waals surface area contributed by atoms with Gasteiger partial charge in [0, 0.05) is 26.1 Å². The van der Waals surface area contributed by atoms with Gasteiger partial charge >= 0.3 is 5.97 Å². The van der Waals surface area contributed by atoms with E-state index in [1.54, 1.807) is 0 Å². The fraction of sp³-hybridized carbons (Fsp3) is 0.364. The number of carbonyl (C=O) groups excluding carboxylic acids is 2. The van der Waals surface area contributed by atoms with Gasteiger partial charge in [-0.05, 0) is 5.56 Å². The Morgan fingerprint density at radius 1 is 1.12 bits per heavy atom. The number of nitro benzene ring substituents is 1. The van der Waals surface area contributed by atoms with Crippen LogP contribution in [0.2, 0.25) is 0 Å². The van der Waals surface area contributed by atoms with Crippen molar-refractivity contribution >= 4 is 17.6 Å². The lowest BCUT2D eigenvalue weighted by molar-refractivity contribution is -0.385. The van der Waals surface area contributed by atoms with Crippen LogP contribution in [0, 0.1) is 10.1 Å². The van der Waals surface area contributed by atoms with Crippen LogP contribution < -0.4 is 9.47 Å². The predicted molar refractivity (Wildman–Crippen MR) is 113 cm³/mol. The molecule has 1 aliphatic rings. The van der Waals surface area contributed by atoms with E-state index >= 15 is 0 Å². The summed E-state index contributed by atoms with van der Waals surface area (Å²) < 4.78 is 21.1. The highest BCUT2D eigenvalue weighted by Gasteiger charge is 2.42. The number of rotatable bonds is 8. The third-order valence-electron chi connectivity index (χ3n) is 5.28. The van der Waals surface area contributed by atoms with E-state index < -0.39 is 34.6 Å². The van der Waals surface area contributed by atoms with Gasteiger partial charge in [-0.3, -0.25) is 14.9 Å². The first-order chi connectivity index (χ1) is 15.4. The summed E-state index contributed by atoms with van der Waals surface area (Å²) in [6.07, 6.45) is -0.157. The monoisotopic (exact) mass is 444 g/mol. The third-order valence-corrected chi connectivity index (χ3v) is 5.28. The number of benzene rings is 2. The second-order valence-electron chi connectivity index (χ2n) is 7.14. The Balaban J connectivity index is 1.95. The molecule has 0 bridgehead atoms. The van der Waals surface area contributed by atoms with Crippen molar-refractivity contribution in [3.05, 3.63) is 63.7 Å². The van der Waals surface area contributed by atoms with Crippen molar-refractivity contribution in [2.24, 2.45) is 0 Å². The minimum Gasteiger partial charge on any atom is -0.493 e. The molecule has 0 aliphatic carbocycles. The topological polar surface area (TPSA) is 117 Å². The molecule has 0 spiro atoms. The van der Waals surface area contributed by atoms with E-state index in [-0.39, 0.29) is 36.6 Å². The van der Waals surface area contributed by atoms with Gasteiger partial charge in [0.2, 0.25) is 0 Å². The summed E-state index contributed by atoms with van der Waals surface area (Å²) in [5.41, 5.74) is 0.189. The van der Waals surface area contributed by atoms with Crippen LogP contribution in [0.15, 0.2) is 42.5 Å². The summed E-state index contributed by atoms with van der Waals surface area (Å²) in [4.78, 5) is 37.8. The molecule has 1 aliphatic heterocycles. The van der Waals surface area contributed by atoms with Crippen molar-refractivity contribution in [3.63, 3.8) is 0 Å². The summed E-state index contributed by atoms with van der Waals surface area (Å²) in [6.45, 7) is 0.258. The van der Waals surface area contributed by atoms with Gasteiger partial charge < -0.3 is 23.8 Å². The van der Waals surface area contributed by atoms with Crippen molar-refractivity contribution in [1.82, 2.24) is 4.90 Å². The van der Waals surface area contributed by atoms with Crippen LogP contribution in [0.3, 0.4) is 0 Å². The molecule has 1 amide bonds. The molecule has 170 valence electrons. The molecule has 0 radical (unpaired) electrons. The first-order valence-corrected chi connectivity index (χ1v) is 9.84. The van der Waals surface area contributed by atoms with Crippen LogP contribution in [-0.2, 0) is 20.9 Å². The zero-order chi connectivity index (χ0) is 23.3. The fourth-order valence-corrected chi connectivity index (χ4v) is 3.59. The van der Waals surface area contributed by atoms with Gasteiger partial charge in [0.25, 0.3) is 11.6 Å². The Morgan fingerprint density at radius 3 is 2.44 bits per heavy atom. The fourth-order valence-electron chi connectivity index (χ4n) is 3.59. The quantitative estimate of drug-likeness (QED) is 0.346. The largest absolute Gasteiger partial charge is 0.493 e. The SMILES string of the molecule is COC(=O)[C@@H]1C[C@@H](OC)CN1C(=O)c1cc(OC)c(OCc2ccccc2)cc1[N+](=O)[O-]. The highest BCUT2D eigenvalue weighted by molar-refractivity contribution is 6.01. The Hall–Kier alpha value is -3.66. The molecular weight excluding hydrogens is 420 g/mol. The zero-order valence-electron chi connectivity index (χ0n) is 18.0. The Bertz CT molecular complexity index is 995. The van der Waals surface area contributed by atoms with Crippen molar-refractivity contribution in [2.75, 3.05) is 27.9 Å². The second-order valence-corrected chi connectivity index (χ2v) is 7.14. The Labute approximate surface area is 184 Å². The lowest BCUT2D eigenvalue weighted by atomic mass is 10.1. The number of methoxy groups -OCH3 is 3. The number of hydrogen-bond acceptors (Lipinski definition) is 8. The lowest BCUT2D eigenvalue weighted by Gasteiger charge is -2.23. The highest BCUT2D eigenvalue weighted by Crippen LogP contribution is 2.37. The number of hydrogen-bond donors (Lipinski definition) is 0. The van der Waals surface area contributed by atoms with Crippen LogP contribution in [0.5, 0.6) is 11.5 Å². The van der Waals surface area contributed by atoms with Crippen molar-refractivity contribution in [3.8, 4) is 11.5 Å². The van der Waals surface area contributed by atoms with Crippen molar-refractivity contribution in [1.29, 1.82) is 0 Å². The lowest BCUT2D eigenvalue weighted by Crippen LogP contribution is -2.41. The highest BCUT2D eigenvalue weighted by atomic mass is 16.6. The minimum absolute atomic E-state index is 0.0980. The predicted octanol–water partition coefficient (Wildman–Crippen LogP) is 2.58. The smallest absolute Gasteiger partial charge is 0.328 e. The van der Waals surface area contributed by atoms with E-state index in [0.29, 0.717) is 0 Å². The van der Waals surface area contributed by atoms with E-state index in [9.17, 15) is 19.7 Å². The summed E-state index contributed by atoms with van der Waals surface area (Å²) in [6, 6.07) is 10.8. The Kier molecular flexibility index (Phi) is 7.26. The maximum atomic E-state index is 13.3. The minimum atomic E-state index is -0.906. The van der Waals surface area contributed by atoms with E-state index in [4.69, 9.17) is 18.9 Å². The average Bonchev–Trinajstić information content (AvgIpc) is 3.26. The van der Waals surface area contributed by atoms with E-state index in [0.717, 1.165) is 11.6 Å². The first kappa shape index (κ1) is 23.0. The maximum Gasteiger partial charge on any atom is 0.328 e. The molecule has 2 atom stereocenters. The van der Waals surface area contributed by atoms with Gasteiger partial charge in [0.05, 0.1) is 31.3 Å². The van der Waals surface area contributed by atoms with E-state index in [2.05, 4.69) is 0 Å². The van der Waals surface area contributed by atoms with Gasteiger partial charge in [-0.15, -0.1) is 0 Å². The molecule has 2 aromatic rings. The summed E-state index contributed by atoms with van der Waals surface area (Å²) in [5.74, 6) is -1.03. The van der Waals surface area contributed by atoms with Gasteiger partial charge in [0.1, 0.15) is 18.2 Å². The summed E-state index contributed by atoms with van der Waals surface area (Å²) >= 11 is 0. The number of amides is 1. The first-order valence-electron chi connectivity index (χ1n) is 9.84. The summed E-state index contributed by atoms with van der Waals surface area (Å²) in [7, 11) is 4.06. The Morgan fingerprint density at radius 2 is 1.84 bits per heavy atom. The molecular formula is C22H24N2O8. The van der Waals surface area contributed by atoms with Crippen LogP contribution in [0.4, 0.5) is 5.69 Å². The molecule has 2 aromatic carbocycles. The maximum absolute atomic E-state index is 13.3. The molecule has 0 saturated carbocycles. The van der Waals surface area contributed by atoms with E-state index in [1.165, 1.54) is 32.3 Å². The number of ether oxygens (including phenoxy) is 4. The van der Waals surface area contributed by atoms with Gasteiger partial charge in [-0.2, -0.15) is 0 Å². The van der Waals surface area contributed by atoms with Gasteiger partial charge in [-0.1, -0.05) is 30.3 Å². The molecule has 0 aromatic heterocycles. The molecule has 10 heteroatoms. The molecule has 0 N–H and O–H groups in total. The molecule has 10 nitrogen and oxygen atoms in total. The zero-order valence-corrected chi connectivity index (χ0v) is 18.0. The van der Waals surface area contributed by atoms with Crippen LogP contribution in [0.1, 0.15) is 22.3 Å². The van der Waals surface area contributed by atoms with Gasteiger partial charge in [-0.25, -0.2) is 4.79 Å². The average molecular weight is 444 g/mol. The van der Waals surface area contributed by atoms with Crippen LogP contribution in [-0.4, -0.2) is 61.7 Å². The summed E-state index contributed by atoms with van der Waals surface area (Å²) in [5, 5.41) is 11.8. The van der Waals surface area contributed by atoms with Gasteiger partial charge in [0.15, 0.2) is 11.5 Å². The number of likely N-dealkylation sites (tertiary alicyclic amines) is 1. The van der Waals surface area contributed by atoms with Crippen molar-refractivity contribution in [2.45, 2.75) is 25.2 Å². The molecule has 0 unspecified atom stereocenters. The van der Waals surface area contributed by atoms with E-state index in [1.807, 2.05) is 30.3 Å². The van der Waals surface area contributed by atoms with Crippen LogP contribution >= 0.6 is 0 Å². The molecule has 1 fully saturated rings. The normalized spacial score (nSPS) is 17.7. The molecule has 1 heterocycles. The third kappa shape index (κ3) is 4.80.